The number of alkyl halides is 1. The number of halogens is 2. The molecule has 0 saturated carbocycles. The van der Waals surface area contributed by atoms with Crippen LogP contribution in [-0.2, 0) is 16.1 Å². The van der Waals surface area contributed by atoms with Crippen LogP contribution >= 0.6 is 15.9 Å². The smallest absolute Gasteiger partial charge is 0.263 e. The molecule has 1 atom stereocenters. The van der Waals surface area contributed by atoms with Gasteiger partial charge >= 0.3 is 0 Å². The largest absolute Gasteiger partial charge is 0.380 e. The van der Waals surface area contributed by atoms with E-state index in [1.807, 2.05) is 6.07 Å². The average Bonchev–Trinajstić information content (AvgIpc) is 2.82. The van der Waals surface area contributed by atoms with E-state index in [9.17, 15) is 9.18 Å². The molecule has 4 nitrogen and oxygen atoms in total. The summed E-state index contributed by atoms with van der Waals surface area (Å²) < 4.78 is 20.2. The molecule has 0 spiro atoms. The predicted molar refractivity (Wildman–Crippen MR) is 74.8 cm³/mol. The van der Waals surface area contributed by atoms with Gasteiger partial charge in [0.2, 0.25) is 5.67 Å². The van der Waals surface area contributed by atoms with Gasteiger partial charge in [0.1, 0.15) is 0 Å². The molecular weight excluding hydrogens is 315 g/mol. The number of methoxy groups -OCH3 is 1. The van der Waals surface area contributed by atoms with Crippen molar-refractivity contribution in [1.29, 1.82) is 0 Å². The highest BCUT2D eigenvalue weighted by Gasteiger charge is 2.41. The normalized spacial score (nSPS) is 22.5. The van der Waals surface area contributed by atoms with Crippen molar-refractivity contribution in [3.05, 3.63) is 28.2 Å². The lowest BCUT2D eigenvalue weighted by molar-refractivity contribution is -0.126. The van der Waals surface area contributed by atoms with Crippen molar-refractivity contribution in [2.75, 3.05) is 25.5 Å². The summed E-state index contributed by atoms with van der Waals surface area (Å²) in [5.74, 6) is -0.604. The molecule has 2 rings (SSSR count). The SMILES string of the molecule is COCc1c(Br)cccc1NC(=O)[C@]1(F)CCNC1. The first-order valence-electron chi connectivity index (χ1n) is 6.04. The van der Waals surface area contributed by atoms with Crippen molar-refractivity contribution in [2.24, 2.45) is 0 Å². The van der Waals surface area contributed by atoms with Crippen molar-refractivity contribution >= 4 is 27.5 Å². The molecule has 19 heavy (non-hydrogen) atoms. The van der Waals surface area contributed by atoms with Gasteiger partial charge in [-0.15, -0.1) is 0 Å². The first-order valence-corrected chi connectivity index (χ1v) is 6.83. The maximum absolute atomic E-state index is 14.3. The monoisotopic (exact) mass is 330 g/mol. The molecule has 1 heterocycles. The highest BCUT2D eigenvalue weighted by molar-refractivity contribution is 9.10. The third-order valence-electron chi connectivity index (χ3n) is 3.17. The van der Waals surface area contributed by atoms with Crippen molar-refractivity contribution in [3.63, 3.8) is 0 Å². The van der Waals surface area contributed by atoms with Crippen LogP contribution in [0.4, 0.5) is 10.1 Å². The van der Waals surface area contributed by atoms with Gasteiger partial charge in [0.15, 0.2) is 0 Å². The molecular formula is C13H16BrFN2O2. The van der Waals surface area contributed by atoms with E-state index in [1.54, 1.807) is 19.2 Å². The Kier molecular flexibility index (Phi) is 4.54. The van der Waals surface area contributed by atoms with Crippen LogP contribution in [0.3, 0.4) is 0 Å². The summed E-state index contributed by atoms with van der Waals surface area (Å²) in [6, 6.07) is 5.38. The molecule has 1 amide bonds. The number of carbonyl (C=O) groups excluding carboxylic acids is 1. The summed E-state index contributed by atoms with van der Waals surface area (Å²) >= 11 is 3.40. The summed E-state index contributed by atoms with van der Waals surface area (Å²) in [5.41, 5.74) is -0.454. The van der Waals surface area contributed by atoms with E-state index >= 15 is 0 Å². The van der Waals surface area contributed by atoms with E-state index in [-0.39, 0.29) is 13.0 Å². The van der Waals surface area contributed by atoms with E-state index in [0.717, 1.165) is 10.0 Å². The van der Waals surface area contributed by atoms with Gasteiger partial charge in [0.25, 0.3) is 5.91 Å². The Hall–Kier alpha value is -0.980. The number of carbonyl (C=O) groups is 1. The zero-order chi connectivity index (χ0) is 13.9. The van der Waals surface area contributed by atoms with Crippen molar-refractivity contribution in [1.82, 2.24) is 5.32 Å². The second kappa shape index (κ2) is 5.98. The number of amides is 1. The Labute approximate surface area is 119 Å². The molecule has 0 bridgehead atoms. The number of benzene rings is 1. The summed E-state index contributed by atoms with van der Waals surface area (Å²) in [5, 5.41) is 5.52. The second-order valence-corrected chi connectivity index (χ2v) is 5.40. The standard InChI is InChI=1S/C13H16BrFN2O2/c1-19-7-9-10(14)3-2-4-11(9)17-12(18)13(15)5-6-16-8-13/h2-4,16H,5-8H2,1H3,(H,17,18)/t13-/m0/s1. The number of rotatable bonds is 4. The van der Waals surface area contributed by atoms with Gasteiger partial charge in [-0.25, -0.2) is 4.39 Å². The molecule has 1 aliphatic rings. The van der Waals surface area contributed by atoms with E-state index in [0.29, 0.717) is 18.8 Å². The van der Waals surface area contributed by atoms with Gasteiger partial charge in [-0.3, -0.25) is 4.79 Å². The quantitative estimate of drug-likeness (QED) is 0.890. The fourth-order valence-corrected chi connectivity index (χ4v) is 2.54. The number of hydrogen-bond acceptors (Lipinski definition) is 3. The van der Waals surface area contributed by atoms with E-state index < -0.39 is 11.6 Å². The highest BCUT2D eigenvalue weighted by Crippen LogP contribution is 2.28. The van der Waals surface area contributed by atoms with Crippen LogP contribution in [0, 0.1) is 0 Å². The maximum Gasteiger partial charge on any atom is 0.263 e. The Morgan fingerprint density at radius 3 is 3.05 bits per heavy atom. The van der Waals surface area contributed by atoms with Crippen LogP contribution in [0.1, 0.15) is 12.0 Å². The molecule has 6 heteroatoms. The molecule has 1 aromatic carbocycles. The molecule has 0 radical (unpaired) electrons. The molecule has 1 fully saturated rings. The van der Waals surface area contributed by atoms with Gasteiger partial charge in [-0.2, -0.15) is 0 Å². The number of ether oxygens (including phenoxy) is 1. The molecule has 0 aliphatic carbocycles. The van der Waals surface area contributed by atoms with Crippen LogP contribution in [0.5, 0.6) is 0 Å². The van der Waals surface area contributed by atoms with Gasteiger partial charge in [0, 0.05) is 35.8 Å². The van der Waals surface area contributed by atoms with Gasteiger partial charge < -0.3 is 15.4 Å². The minimum Gasteiger partial charge on any atom is -0.380 e. The third-order valence-corrected chi connectivity index (χ3v) is 3.91. The summed E-state index contributed by atoms with van der Waals surface area (Å²) in [6.07, 6.45) is 0.201. The van der Waals surface area contributed by atoms with Crippen molar-refractivity contribution in [2.45, 2.75) is 18.7 Å². The van der Waals surface area contributed by atoms with Crippen LogP contribution in [-0.4, -0.2) is 31.8 Å². The Morgan fingerprint density at radius 1 is 1.63 bits per heavy atom. The minimum absolute atomic E-state index is 0.0620. The zero-order valence-electron chi connectivity index (χ0n) is 10.6. The Bertz CT molecular complexity index is 476. The van der Waals surface area contributed by atoms with Crippen LogP contribution in [0.25, 0.3) is 0 Å². The summed E-state index contributed by atoms with van der Waals surface area (Å²) in [4.78, 5) is 12.0. The van der Waals surface area contributed by atoms with Crippen molar-refractivity contribution in [3.8, 4) is 0 Å². The number of anilines is 1. The van der Waals surface area contributed by atoms with Gasteiger partial charge in [-0.1, -0.05) is 22.0 Å². The van der Waals surface area contributed by atoms with E-state index in [4.69, 9.17) is 4.74 Å². The lowest BCUT2D eigenvalue weighted by atomic mass is 10.0. The topological polar surface area (TPSA) is 50.4 Å². The van der Waals surface area contributed by atoms with E-state index in [2.05, 4.69) is 26.6 Å². The molecule has 1 aromatic rings. The molecule has 2 N–H and O–H groups in total. The maximum atomic E-state index is 14.3. The molecule has 0 aromatic heterocycles. The predicted octanol–water partition coefficient (Wildman–Crippen LogP) is 2.24. The van der Waals surface area contributed by atoms with Gasteiger partial charge in [-0.05, 0) is 18.7 Å². The lowest BCUT2D eigenvalue weighted by Crippen LogP contribution is -2.40. The van der Waals surface area contributed by atoms with E-state index in [1.165, 1.54) is 0 Å². The Balaban J connectivity index is 2.19. The summed E-state index contributed by atoms with van der Waals surface area (Å²) in [6.45, 7) is 0.925. The molecule has 104 valence electrons. The average molecular weight is 331 g/mol. The number of hydrogen-bond donors (Lipinski definition) is 2. The fraction of sp³-hybridized carbons (Fsp3) is 0.462. The first-order chi connectivity index (χ1) is 9.07. The van der Waals surface area contributed by atoms with Crippen LogP contribution < -0.4 is 10.6 Å². The van der Waals surface area contributed by atoms with Crippen molar-refractivity contribution < 1.29 is 13.9 Å². The summed E-state index contributed by atoms with van der Waals surface area (Å²) in [7, 11) is 1.57. The first kappa shape index (κ1) is 14.4. The molecule has 1 aliphatic heterocycles. The molecule has 1 saturated heterocycles. The zero-order valence-corrected chi connectivity index (χ0v) is 12.2. The lowest BCUT2D eigenvalue weighted by Gasteiger charge is -2.19. The minimum atomic E-state index is -1.83. The third kappa shape index (κ3) is 3.13. The van der Waals surface area contributed by atoms with Gasteiger partial charge in [0.05, 0.1) is 6.61 Å². The second-order valence-electron chi connectivity index (χ2n) is 4.55. The van der Waals surface area contributed by atoms with Crippen LogP contribution in [0.15, 0.2) is 22.7 Å². The molecule has 0 unspecified atom stereocenters. The van der Waals surface area contributed by atoms with Crippen LogP contribution in [0.2, 0.25) is 0 Å². The number of nitrogens with one attached hydrogen (secondary N) is 2. The highest BCUT2D eigenvalue weighted by atomic mass is 79.9. The fourth-order valence-electron chi connectivity index (χ4n) is 2.06. The Morgan fingerprint density at radius 2 is 2.42 bits per heavy atom.